The second-order valence-corrected chi connectivity index (χ2v) is 8.15. The minimum absolute atomic E-state index is 0.155. The average Bonchev–Trinajstić information content (AvgIpc) is 3.01. The summed E-state index contributed by atoms with van der Waals surface area (Å²) in [5, 5.41) is 0. The number of H-pyrrole nitrogens is 1. The molecule has 0 aromatic carbocycles. The van der Waals surface area contributed by atoms with Crippen LogP contribution in [0.5, 0.6) is 0 Å². The topological polar surface area (TPSA) is 70.2 Å². The third kappa shape index (κ3) is 2.42. The van der Waals surface area contributed by atoms with Gasteiger partial charge in [0.05, 0.1) is 4.90 Å². The predicted molar refractivity (Wildman–Crippen MR) is 75.8 cm³/mol. The Bertz CT molecular complexity index is 632. The van der Waals surface area contributed by atoms with Crippen LogP contribution in [-0.2, 0) is 10.0 Å². The Morgan fingerprint density at radius 3 is 2.65 bits per heavy atom. The van der Waals surface area contributed by atoms with Crippen LogP contribution in [0, 0.1) is 17.8 Å². The molecule has 0 radical (unpaired) electrons. The molecule has 6 heteroatoms. The predicted octanol–water partition coefficient (Wildman–Crippen LogP) is 1.43. The van der Waals surface area contributed by atoms with Crippen molar-refractivity contribution in [3.05, 3.63) is 28.7 Å². The maximum atomic E-state index is 12.4. The maximum absolute atomic E-state index is 12.4. The molecule has 1 aromatic rings. The van der Waals surface area contributed by atoms with Crippen LogP contribution in [0.15, 0.2) is 28.0 Å². The van der Waals surface area contributed by atoms with Gasteiger partial charge in [-0.1, -0.05) is 6.42 Å². The lowest BCUT2D eigenvalue weighted by Crippen LogP contribution is -2.34. The zero-order chi connectivity index (χ0) is 14.3. The second kappa shape index (κ2) is 5.00. The van der Waals surface area contributed by atoms with E-state index in [0.29, 0.717) is 18.4 Å². The van der Waals surface area contributed by atoms with Crippen LogP contribution in [0.1, 0.15) is 25.7 Å². The summed E-state index contributed by atoms with van der Waals surface area (Å²) in [6.45, 7) is 0.586. The average molecular weight is 296 g/mol. The highest BCUT2D eigenvalue weighted by Crippen LogP contribution is 2.48. The van der Waals surface area contributed by atoms with E-state index >= 15 is 0 Å². The van der Waals surface area contributed by atoms with Crippen LogP contribution >= 0.6 is 0 Å². The lowest BCUT2D eigenvalue weighted by molar-refractivity contribution is 0.280. The van der Waals surface area contributed by atoms with Gasteiger partial charge in [-0.05, 0) is 43.1 Å². The summed E-state index contributed by atoms with van der Waals surface area (Å²) in [6, 6.07) is 2.61. The molecule has 3 unspecified atom stereocenters. The second-order valence-electron chi connectivity index (χ2n) is 6.11. The number of aromatic amines is 1. The van der Waals surface area contributed by atoms with Crippen LogP contribution in [0.25, 0.3) is 0 Å². The van der Waals surface area contributed by atoms with Gasteiger partial charge >= 0.3 is 0 Å². The molecule has 2 saturated carbocycles. The van der Waals surface area contributed by atoms with E-state index < -0.39 is 10.0 Å². The Balaban J connectivity index is 1.74. The Hall–Kier alpha value is -1.14. The molecule has 3 atom stereocenters. The smallest absolute Gasteiger partial charge is 0.247 e. The standard InChI is InChI=1S/C14H20N2O3S/c1-16(9-12-7-10-2-3-11(12)6-10)20(18,19)13-4-5-14(17)15-8-13/h4-5,8,10-12H,2-3,6-7,9H2,1H3,(H,15,17). The van der Waals surface area contributed by atoms with Crippen molar-refractivity contribution in [2.45, 2.75) is 30.6 Å². The van der Waals surface area contributed by atoms with Crippen molar-refractivity contribution in [1.82, 2.24) is 9.29 Å². The van der Waals surface area contributed by atoms with Crippen molar-refractivity contribution < 1.29 is 8.42 Å². The molecule has 1 N–H and O–H groups in total. The summed E-state index contributed by atoms with van der Waals surface area (Å²) < 4.78 is 26.3. The summed E-state index contributed by atoms with van der Waals surface area (Å²) in [5.74, 6) is 2.01. The van der Waals surface area contributed by atoms with Crippen LogP contribution in [0.2, 0.25) is 0 Å². The minimum atomic E-state index is -3.50. The van der Waals surface area contributed by atoms with Crippen molar-refractivity contribution in [3.8, 4) is 0 Å². The molecule has 3 rings (SSSR count). The summed E-state index contributed by atoms with van der Waals surface area (Å²) in [6.07, 6.45) is 6.28. The van der Waals surface area contributed by atoms with Gasteiger partial charge in [0.1, 0.15) is 0 Å². The SMILES string of the molecule is CN(CC1CC2CCC1C2)S(=O)(=O)c1ccc(=O)[nH]c1. The first kappa shape index (κ1) is 13.8. The molecule has 110 valence electrons. The van der Waals surface area contributed by atoms with E-state index in [1.807, 2.05) is 0 Å². The highest BCUT2D eigenvalue weighted by atomic mass is 32.2. The number of nitrogens with one attached hydrogen (secondary N) is 1. The molecule has 0 spiro atoms. The van der Waals surface area contributed by atoms with Crippen LogP contribution < -0.4 is 5.56 Å². The van der Waals surface area contributed by atoms with E-state index in [1.165, 1.54) is 41.9 Å². The number of hydrogen-bond donors (Lipinski definition) is 1. The normalized spacial score (nSPS) is 29.2. The minimum Gasteiger partial charge on any atom is -0.328 e. The number of sulfonamides is 1. The monoisotopic (exact) mass is 296 g/mol. The van der Waals surface area contributed by atoms with Gasteiger partial charge in [0.2, 0.25) is 15.6 Å². The van der Waals surface area contributed by atoms with Crippen molar-refractivity contribution >= 4 is 10.0 Å². The number of hydrogen-bond acceptors (Lipinski definition) is 3. The van der Waals surface area contributed by atoms with Gasteiger partial charge in [-0.15, -0.1) is 0 Å². The van der Waals surface area contributed by atoms with Crippen LogP contribution in [0.3, 0.4) is 0 Å². The highest BCUT2D eigenvalue weighted by Gasteiger charge is 2.40. The lowest BCUT2D eigenvalue weighted by atomic mass is 9.89. The Kier molecular flexibility index (Phi) is 3.46. The van der Waals surface area contributed by atoms with E-state index in [9.17, 15) is 13.2 Å². The number of nitrogens with zero attached hydrogens (tertiary/aromatic N) is 1. The first-order valence-corrected chi connectivity index (χ1v) is 8.56. The van der Waals surface area contributed by atoms with E-state index in [-0.39, 0.29) is 10.5 Å². The largest absolute Gasteiger partial charge is 0.328 e. The molecule has 0 amide bonds. The molecular weight excluding hydrogens is 276 g/mol. The van der Waals surface area contributed by atoms with Gasteiger partial charge in [-0.25, -0.2) is 12.7 Å². The van der Waals surface area contributed by atoms with Crippen molar-refractivity contribution in [2.75, 3.05) is 13.6 Å². The van der Waals surface area contributed by atoms with Gasteiger partial charge in [0.25, 0.3) is 0 Å². The highest BCUT2D eigenvalue weighted by molar-refractivity contribution is 7.89. The number of aromatic nitrogens is 1. The fourth-order valence-corrected chi connectivity index (χ4v) is 4.96. The molecule has 2 bridgehead atoms. The molecule has 5 nitrogen and oxygen atoms in total. The lowest BCUT2D eigenvalue weighted by Gasteiger charge is -2.26. The molecule has 20 heavy (non-hydrogen) atoms. The maximum Gasteiger partial charge on any atom is 0.247 e. The Labute approximate surface area is 119 Å². The van der Waals surface area contributed by atoms with Gasteiger partial charge in [-0.2, -0.15) is 0 Å². The van der Waals surface area contributed by atoms with Crippen molar-refractivity contribution in [1.29, 1.82) is 0 Å². The number of pyridine rings is 1. The third-order valence-corrected chi connectivity index (χ3v) is 6.66. The first-order valence-electron chi connectivity index (χ1n) is 7.12. The van der Waals surface area contributed by atoms with Crippen LogP contribution in [0.4, 0.5) is 0 Å². The van der Waals surface area contributed by atoms with Gasteiger partial charge in [0.15, 0.2) is 0 Å². The number of rotatable bonds is 4. The molecule has 1 heterocycles. The molecule has 0 saturated heterocycles. The summed E-state index contributed by atoms with van der Waals surface area (Å²) in [4.78, 5) is 13.6. The van der Waals surface area contributed by atoms with Crippen LogP contribution in [-0.4, -0.2) is 31.3 Å². The third-order valence-electron chi connectivity index (χ3n) is 4.84. The fourth-order valence-electron chi connectivity index (χ4n) is 3.77. The van der Waals surface area contributed by atoms with E-state index in [4.69, 9.17) is 0 Å². The zero-order valence-electron chi connectivity index (χ0n) is 11.6. The number of fused-ring (bicyclic) bond motifs is 2. The Morgan fingerprint density at radius 1 is 1.30 bits per heavy atom. The first-order chi connectivity index (χ1) is 9.46. The van der Waals surface area contributed by atoms with E-state index in [2.05, 4.69) is 4.98 Å². The van der Waals surface area contributed by atoms with Crippen molar-refractivity contribution in [3.63, 3.8) is 0 Å². The molecule has 2 fully saturated rings. The fraction of sp³-hybridized carbons (Fsp3) is 0.643. The quantitative estimate of drug-likeness (QED) is 0.914. The Morgan fingerprint density at radius 2 is 2.10 bits per heavy atom. The molecule has 0 aliphatic heterocycles. The van der Waals surface area contributed by atoms with E-state index in [0.717, 1.165) is 12.3 Å². The van der Waals surface area contributed by atoms with Gasteiger partial charge < -0.3 is 4.98 Å². The molecular formula is C14H20N2O3S. The molecule has 2 aliphatic carbocycles. The zero-order valence-corrected chi connectivity index (χ0v) is 12.4. The molecule has 1 aromatic heterocycles. The summed E-state index contributed by atoms with van der Waals surface area (Å²) in [7, 11) is -1.87. The molecule has 2 aliphatic rings. The van der Waals surface area contributed by atoms with Crippen molar-refractivity contribution in [2.24, 2.45) is 17.8 Å². The summed E-state index contributed by atoms with van der Waals surface area (Å²) >= 11 is 0. The van der Waals surface area contributed by atoms with Gasteiger partial charge in [0, 0.05) is 25.9 Å². The van der Waals surface area contributed by atoms with Gasteiger partial charge in [-0.3, -0.25) is 4.79 Å². The van der Waals surface area contributed by atoms with E-state index in [1.54, 1.807) is 7.05 Å². The summed E-state index contributed by atoms with van der Waals surface area (Å²) in [5.41, 5.74) is -0.292.